The molecule has 2 fully saturated rings. The summed E-state index contributed by atoms with van der Waals surface area (Å²) in [7, 11) is -1.86. The molecule has 0 saturated carbocycles. The number of aromatic nitrogens is 2. The van der Waals surface area contributed by atoms with Gasteiger partial charge in [0.25, 0.3) is 17.7 Å². The van der Waals surface area contributed by atoms with E-state index < -0.39 is 50.2 Å². The monoisotopic (exact) mass is 693 g/mol. The van der Waals surface area contributed by atoms with Gasteiger partial charge in [-0.05, 0) is 70.0 Å². The molecule has 48 heavy (non-hydrogen) atoms. The third-order valence-electron chi connectivity index (χ3n) is 9.83. The highest BCUT2D eigenvalue weighted by Gasteiger charge is 2.52. The summed E-state index contributed by atoms with van der Waals surface area (Å²) in [4.78, 5) is 62.5. The maximum Gasteiger partial charge on any atom is 0.494 e. The Balaban J connectivity index is 1.14. The molecule has 6 rings (SSSR count). The Bertz CT molecular complexity index is 1650. The molecule has 0 aliphatic carbocycles. The van der Waals surface area contributed by atoms with Crippen LogP contribution in [-0.4, -0.2) is 100 Å². The van der Waals surface area contributed by atoms with E-state index in [-0.39, 0.29) is 25.5 Å². The molecule has 1 aromatic carbocycles. The average molecular weight is 694 g/mol. The first-order valence-corrected chi connectivity index (χ1v) is 21.1. The van der Waals surface area contributed by atoms with E-state index in [0.717, 1.165) is 26.9 Å². The summed E-state index contributed by atoms with van der Waals surface area (Å²) in [5, 5.41) is 0.694. The smallest absolute Gasteiger partial charge is 0.399 e. The van der Waals surface area contributed by atoms with Gasteiger partial charge in [0.1, 0.15) is 23.5 Å². The van der Waals surface area contributed by atoms with Gasteiger partial charge >= 0.3 is 7.12 Å². The zero-order chi connectivity index (χ0) is 34.6. The second-order valence-corrected chi connectivity index (χ2v) is 21.6. The number of hydrogen-bond donors (Lipinski definition) is 0. The van der Waals surface area contributed by atoms with Crippen LogP contribution in [0.2, 0.25) is 25.7 Å². The highest BCUT2D eigenvalue weighted by molar-refractivity contribution is 7.05. The van der Waals surface area contributed by atoms with Crippen LogP contribution in [0.25, 0.3) is 11.4 Å². The Morgan fingerprint density at radius 2 is 1.77 bits per heavy atom. The lowest BCUT2D eigenvalue weighted by molar-refractivity contribution is -0.164. The van der Waals surface area contributed by atoms with Crippen LogP contribution < -0.4 is 5.46 Å². The highest BCUT2D eigenvalue weighted by atomic mass is 32.1. The van der Waals surface area contributed by atoms with Crippen molar-refractivity contribution in [1.82, 2.24) is 24.1 Å². The van der Waals surface area contributed by atoms with Crippen molar-refractivity contribution in [3.8, 4) is 11.4 Å². The van der Waals surface area contributed by atoms with Crippen LogP contribution in [0, 0.1) is 0 Å². The number of nitrogens with zero attached hydrogens (tertiary/aromatic N) is 5. The van der Waals surface area contributed by atoms with E-state index in [0.29, 0.717) is 54.6 Å². The molecule has 0 radical (unpaired) electrons. The van der Waals surface area contributed by atoms with Gasteiger partial charge in [-0.1, -0.05) is 43.9 Å². The molecule has 5 heterocycles. The molecule has 15 heteroatoms. The Labute approximate surface area is 287 Å². The van der Waals surface area contributed by atoms with Crippen molar-refractivity contribution >= 4 is 55.8 Å². The van der Waals surface area contributed by atoms with Crippen LogP contribution in [0.3, 0.4) is 0 Å². The summed E-state index contributed by atoms with van der Waals surface area (Å²) >= 11 is 1.24. The van der Waals surface area contributed by atoms with Crippen LogP contribution in [0.1, 0.15) is 58.4 Å². The predicted molar refractivity (Wildman–Crippen MR) is 183 cm³/mol. The predicted octanol–water partition coefficient (Wildman–Crippen LogP) is 3.55. The number of hydrogen-bond acceptors (Lipinski definition) is 11. The molecule has 1 atom stereocenters. The minimum Gasteiger partial charge on any atom is -0.399 e. The molecule has 0 bridgehead atoms. The van der Waals surface area contributed by atoms with Gasteiger partial charge in [-0.25, -0.2) is 4.98 Å². The van der Waals surface area contributed by atoms with E-state index in [9.17, 15) is 19.2 Å². The number of ether oxygens (including phenoxy) is 1. The molecular formula is C33H44BN5O7SSi. The molecule has 2 saturated heterocycles. The van der Waals surface area contributed by atoms with Crippen molar-refractivity contribution in [2.24, 2.45) is 0 Å². The fourth-order valence-corrected chi connectivity index (χ4v) is 7.70. The van der Waals surface area contributed by atoms with Gasteiger partial charge in [-0.2, -0.15) is 4.37 Å². The summed E-state index contributed by atoms with van der Waals surface area (Å²) in [6.07, 6.45) is 1.29. The maximum absolute atomic E-state index is 13.9. The molecule has 256 valence electrons. The molecule has 4 aliphatic heterocycles. The number of carbonyl (C=O) groups excluding carboxylic acids is 4. The van der Waals surface area contributed by atoms with Gasteiger partial charge in [0, 0.05) is 38.8 Å². The Hall–Kier alpha value is -3.24. The van der Waals surface area contributed by atoms with Crippen molar-refractivity contribution in [2.75, 3.05) is 19.9 Å². The minimum atomic E-state index is -1.35. The number of piperidine rings is 1. The summed E-state index contributed by atoms with van der Waals surface area (Å²) in [6, 6.07) is 7.65. The van der Waals surface area contributed by atoms with Crippen molar-refractivity contribution < 1.29 is 33.2 Å². The average Bonchev–Trinajstić information content (AvgIpc) is 3.65. The van der Waals surface area contributed by atoms with E-state index in [1.807, 2.05) is 56.9 Å². The van der Waals surface area contributed by atoms with E-state index in [4.69, 9.17) is 19.0 Å². The highest BCUT2D eigenvalue weighted by Crippen LogP contribution is 2.38. The number of imide groups is 2. The normalized spacial score (nSPS) is 22.8. The van der Waals surface area contributed by atoms with Gasteiger partial charge in [0.2, 0.25) is 5.91 Å². The zero-order valence-corrected chi connectivity index (χ0v) is 30.6. The van der Waals surface area contributed by atoms with Crippen LogP contribution in [0.5, 0.6) is 0 Å². The fraction of sp³-hybridized carbons (Fsp3) is 0.576. The molecule has 2 aromatic rings. The van der Waals surface area contributed by atoms with E-state index in [1.54, 1.807) is 0 Å². The van der Waals surface area contributed by atoms with Crippen LogP contribution in [0.4, 0.5) is 0 Å². The van der Waals surface area contributed by atoms with Gasteiger partial charge in [0.05, 0.1) is 17.7 Å². The van der Waals surface area contributed by atoms with Gasteiger partial charge in [-0.15, -0.1) is 0 Å². The first kappa shape index (κ1) is 34.6. The SMILES string of the molecule is CC1(C)OB(c2cccc(-c3nsc(CN4CCCC5=C4C(=O)N(C4CCC(=O)N(COCC[Si](C)(C)C)C4=O)C5=O)n3)c2)OC1(C)C. The minimum absolute atomic E-state index is 0.0580. The van der Waals surface area contributed by atoms with Crippen molar-refractivity contribution in [2.45, 2.75) is 103 Å². The summed E-state index contributed by atoms with van der Waals surface area (Å²) in [5.41, 5.74) is 1.50. The topological polar surface area (TPSA) is 131 Å². The van der Waals surface area contributed by atoms with Crippen LogP contribution in [-0.2, 0) is 39.8 Å². The molecule has 0 N–H and O–H groups in total. The second-order valence-electron chi connectivity index (χ2n) is 15.1. The van der Waals surface area contributed by atoms with Crippen molar-refractivity contribution in [3.05, 3.63) is 40.5 Å². The molecule has 1 aromatic heterocycles. The quantitative estimate of drug-likeness (QED) is 0.207. The van der Waals surface area contributed by atoms with Gasteiger partial charge < -0.3 is 18.9 Å². The van der Waals surface area contributed by atoms with E-state index in [1.165, 1.54) is 11.5 Å². The Morgan fingerprint density at radius 3 is 2.48 bits per heavy atom. The van der Waals surface area contributed by atoms with Gasteiger partial charge in [-0.3, -0.25) is 29.0 Å². The van der Waals surface area contributed by atoms with Crippen LogP contribution in [0.15, 0.2) is 35.5 Å². The first-order valence-electron chi connectivity index (χ1n) is 16.6. The zero-order valence-electron chi connectivity index (χ0n) is 28.8. The second kappa shape index (κ2) is 12.9. The summed E-state index contributed by atoms with van der Waals surface area (Å²) < 4.78 is 22.8. The molecular weight excluding hydrogens is 649 g/mol. The standard InChI is InChI=1S/C33H44BN5O7SSi/c1-32(2)33(3,4)46-34(45-32)22-11-8-10-21(18-22)28-35-25(47-36-28)19-37-15-9-12-23-27(37)31(43)39(29(23)41)24-13-14-26(40)38(30(24)42)20-44-16-17-48(5,6)7/h8,10-11,18,24H,9,12-17,19-20H2,1-7H3. The largest absolute Gasteiger partial charge is 0.494 e. The third kappa shape index (κ3) is 6.67. The van der Waals surface area contributed by atoms with Gasteiger partial charge in [0.15, 0.2) is 5.82 Å². The Morgan fingerprint density at radius 1 is 1.04 bits per heavy atom. The van der Waals surface area contributed by atoms with Crippen molar-refractivity contribution in [1.29, 1.82) is 0 Å². The molecule has 0 spiro atoms. The third-order valence-corrected chi connectivity index (χ3v) is 12.2. The lowest BCUT2D eigenvalue weighted by Crippen LogP contribution is -2.57. The van der Waals surface area contributed by atoms with Crippen molar-refractivity contribution in [3.63, 3.8) is 0 Å². The molecule has 4 amide bonds. The maximum atomic E-state index is 13.9. The number of likely N-dealkylation sites (tertiary alicyclic amines) is 1. The summed E-state index contributed by atoms with van der Waals surface area (Å²) in [6.45, 7) is 15.9. The molecule has 1 unspecified atom stereocenters. The lowest BCUT2D eigenvalue weighted by Gasteiger charge is -2.34. The summed E-state index contributed by atoms with van der Waals surface area (Å²) in [5.74, 6) is -1.31. The number of amides is 4. The molecule has 4 aliphatic rings. The lowest BCUT2D eigenvalue weighted by atomic mass is 9.78. The number of benzene rings is 1. The number of carbonyl (C=O) groups is 4. The fourth-order valence-electron chi connectivity index (χ4n) is 6.27. The first-order chi connectivity index (χ1) is 22.6. The van der Waals surface area contributed by atoms with E-state index in [2.05, 4.69) is 24.0 Å². The Kier molecular flexibility index (Phi) is 9.30. The molecule has 12 nitrogen and oxygen atoms in total. The number of rotatable bonds is 10. The van der Waals surface area contributed by atoms with Crippen LogP contribution >= 0.6 is 11.5 Å². The van der Waals surface area contributed by atoms with E-state index >= 15 is 0 Å².